The molecule has 2 N–H and O–H groups in total. The van der Waals surface area contributed by atoms with Gasteiger partial charge < -0.3 is 15.2 Å². The lowest BCUT2D eigenvalue weighted by Gasteiger charge is -2.60. The summed E-state index contributed by atoms with van der Waals surface area (Å²) in [6.45, 7) is 31.4. The van der Waals surface area contributed by atoms with Crippen molar-refractivity contribution in [2.24, 2.45) is 84.9 Å². The van der Waals surface area contributed by atoms with Crippen LogP contribution in [-0.2, 0) is 4.79 Å². The van der Waals surface area contributed by atoms with Gasteiger partial charge in [-0.25, -0.2) is 0 Å². The minimum atomic E-state index is -0.352. The van der Waals surface area contributed by atoms with Crippen molar-refractivity contribution in [2.45, 2.75) is 168 Å². The molecule has 8 rings (SSSR count). The van der Waals surface area contributed by atoms with Gasteiger partial charge in [0.2, 0.25) is 0 Å². The molecule has 6 saturated carbocycles. The van der Waals surface area contributed by atoms with Crippen LogP contribution in [0.4, 0.5) is 0 Å². The van der Waals surface area contributed by atoms with E-state index < -0.39 is 0 Å². The summed E-state index contributed by atoms with van der Waals surface area (Å²) >= 11 is 0. The van der Waals surface area contributed by atoms with E-state index in [1.165, 1.54) is 29.7 Å². The van der Waals surface area contributed by atoms with Gasteiger partial charge in [0.1, 0.15) is 5.78 Å². The van der Waals surface area contributed by atoms with Crippen molar-refractivity contribution in [3.63, 3.8) is 0 Å². The first-order valence-electron chi connectivity index (χ1n) is 22.9. The van der Waals surface area contributed by atoms with E-state index in [0.717, 1.165) is 56.1 Å². The van der Waals surface area contributed by atoms with Gasteiger partial charge in [0.05, 0.1) is 12.2 Å². The van der Waals surface area contributed by atoms with Gasteiger partial charge in [-0.2, -0.15) is 5.10 Å². The molecule has 0 radical (unpaired) electrons. The third kappa shape index (κ3) is 6.82. The quantitative estimate of drug-likeness (QED) is 0.214. The fraction of sp³-hybridized carbons (Fsp3) is 0.745. The van der Waals surface area contributed by atoms with Crippen molar-refractivity contribution in [1.82, 2.24) is 5.01 Å². The van der Waals surface area contributed by atoms with Crippen molar-refractivity contribution in [3.8, 4) is 0 Å². The molecular weight excluding hydrogens is 737 g/mol. The van der Waals surface area contributed by atoms with Crippen molar-refractivity contribution in [1.29, 1.82) is 0 Å². The van der Waals surface area contributed by atoms with Gasteiger partial charge in [0, 0.05) is 59.7 Å². The average Bonchev–Trinajstić information content (AvgIpc) is 3.48. The molecule has 0 saturated heterocycles. The van der Waals surface area contributed by atoms with Crippen LogP contribution in [0.5, 0.6) is 0 Å². The molecule has 5 nitrogen and oxygen atoms in total. The molecule has 0 aliphatic heterocycles. The second-order valence-electron chi connectivity index (χ2n) is 22.0. The van der Waals surface area contributed by atoms with E-state index in [4.69, 9.17) is 5.10 Å². The number of aliphatic hydroxyl groups excluding tert-OH is 2. The summed E-state index contributed by atoms with van der Waals surface area (Å²) in [7, 11) is 4.06. The molecule has 0 amide bonds. The van der Waals surface area contributed by atoms with Crippen molar-refractivity contribution < 1.29 is 15.0 Å². The average molecular weight is 827 g/mol. The van der Waals surface area contributed by atoms with Gasteiger partial charge >= 0.3 is 0 Å². The highest BCUT2D eigenvalue weighted by Crippen LogP contribution is 2.73. The van der Waals surface area contributed by atoms with Crippen LogP contribution in [0.2, 0.25) is 0 Å². The van der Waals surface area contributed by atoms with Crippen molar-refractivity contribution in [2.75, 3.05) is 14.1 Å². The smallest absolute Gasteiger partial charge is 0.139 e. The lowest BCUT2D eigenvalue weighted by Crippen LogP contribution is -2.58. The number of Topliss-reactive ketones (excluding diaryl/α,β-unsaturated/α-hetero) is 1. The molecule has 5 heteroatoms. The number of allylic oxidation sites excluding steroid dienone is 10. The van der Waals surface area contributed by atoms with Crippen LogP contribution in [0.15, 0.2) is 77.0 Å². The molecule has 6 fully saturated rings. The Hall–Kier alpha value is -2.50. The third-order valence-corrected chi connectivity index (χ3v) is 19.7. The Balaban J connectivity index is 0.000000253. The number of carbonyl (C=O) groups is 1. The van der Waals surface area contributed by atoms with E-state index in [2.05, 4.69) is 112 Å². The lowest BCUT2D eigenvalue weighted by atomic mass is 9.44. The molecule has 0 aromatic carbocycles. The highest BCUT2D eigenvalue weighted by Gasteiger charge is 2.70. The van der Waals surface area contributed by atoms with Crippen molar-refractivity contribution in [3.05, 3.63) is 71.9 Å². The summed E-state index contributed by atoms with van der Waals surface area (Å²) in [5, 5.41) is 30.1. The zero-order valence-corrected chi connectivity index (χ0v) is 37.9. The largest absolute Gasteiger partial charge is 0.393 e. The Morgan fingerprint density at radius 2 is 1.12 bits per heavy atom. The Labute approximate surface area is 369 Å². The number of hydrogen-bond acceptors (Lipinski definition) is 5. The van der Waals surface area contributed by atoms with E-state index in [1.807, 2.05) is 26.0 Å². The lowest BCUT2D eigenvalue weighted by molar-refractivity contribution is -0.155. The second kappa shape index (κ2) is 16.9. The maximum atomic E-state index is 13.1. The summed E-state index contributed by atoms with van der Waals surface area (Å²) in [6.07, 6.45) is 23.0. The normalized spacial score (nSPS) is 47.1. The summed E-state index contributed by atoms with van der Waals surface area (Å²) in [5.41, 5.74) is 6.01. The number of hydrogen-bond donors (Lipinski definition) is 2. The Morgan fingerprint density at radius 1 is 0.717 bits per heavy atom. The summed E-state index contributed by atoms with van der Waals surface area (Å²) < 4.78 is 0. The second-order valence-corrected chi connectivity index (χ2v) is 22.0. The summed E-state index contributed by atoms with van der Waals surface area (Å²) in [4.78, 5) is 13.1. The van der Waals surface area contributed by atoms with Crippen LogP contribution < -0.4 is 0 Å². The standard InChI is InChI=1S/C27H42N2O.C25H36O2.3CH4/c1-9-23(28-29(7)8)27(6)18(3)15-21-20-11-10-19-14-17(2)12-13-25(19,4)24(20)22(30)16-26(21,27)5;1-7-21(27)25(6)16(3)13-19-18-9-8-17-12-15(2)10-11-23(17,4)22(18)20(26)14-24(19,25)5;;;/h12-14,18,20-22,24,30H,2,9-11,15-16H2,1,3-8H3;10-12,16,18-20,22,26H,2,7-9,13-14H2,1,3-6H3;3*1H4/b28-23-;;;;/t18-,20+,21+,22+,24-,25+,26+,27-;16-,18+,19+,20+,22-,23+,24+,25-;;;/m11.../s1. The maximum Gasteiger partial charge on any atom is 0.139 e. The molecule has 8 aliphatic rings. The Kier molecular flexibility index (Phi) is 14.1. The van der Waals surface area contributed by atoms with Gasteiger partial charge in [-0.15, -0.1) is 0 Å². The molecule has 8 aliphatic carbocycles. The van der Waals surface area contributed by atoms with E-state index in [0.29, 0.717) is 53.6 Å². The predicted octanol–water partition coefficient (Wildman–Crippen LogP) is 13.2. The van der Waals surface area contributed by atoms with Crippen LogP contribution >= 0.6 is 0 Å². The van der Waals surface area contributed by atoms with Crippen LogP contribution in [-0.4, -0.2) is 53.0 Å². The van der Waals surface area contributed by atoms with E-state index in [-0.39, 0.29) is 72.9 Å². The molecule has 0 aromatic rings. The Bertz CT molecular complexity index is 1830. The molecule has 0 aromatic heterocycles. The highest BCUT2D eigenvalue weighted by atomic mass is 16.3. The predicted molar refractivity (Wildman–Crippen MR) is 256 cm³/mol. The number of rotatable bonds is 5. The van der Waals surface area contributed by atoms with Gasteiger partial charge in [-0.05, 0) is 115 Å². The minimum absolute atomic E-state index is 0. The first-order valence-corrected chi connectivity index (χ1v) is 22.9. The van der Waals surface area contributed by atoms with Crippen LogP contribution in [0.25, 0.3) is 0 Å². The molecule has 16 atom stereocenters. The number of ketones is 1. The monoisotopic (exact) mass is 827 g/mol. The van der Waals surface area contributed by atoms with E-state index in [9.17, 15) is 15.0 Å². The number of nitrogens with zero attached hydrogens (tertiary/aromatic N) is 2. The Morgan fingerprint density at radius 3 is 1.50 bits per heavy atom. The van der Waals surface area contributed by atoms with Gasteiger partial charge in [-0.1, -0.05) is 152 Å². The SMILES string of the molecule is C.C.C.C=C1C=C[C@@]2(C)C(=C1)CC[C@@H]1[C@@H]2[C@@H](O)C[C@@]2(C)[C@H]1C[C@@H](C)[C@]2(C)/C(CC)=N\N(C)C.C=C1C=C[C@@]2(C)C(=C1)CC[C@@H]1[C@@H]2[C@@H](O)C[C@@]2(C)[C@H]1C[C@@H](C)[C@]2(C)C(=O)CC. The maximum absolute atomic E-state index is 13.1. The van der Waals surface area contributed by atoms with Gasteiger partial charge in [0.25, 0.3) is 0 Å². The first kappa shape index (κ1) is 50.1. The number of hydrazone groups is 1. The molecule has 0 heterocycles. The molecular formula is C55H90N2O3. The molecule has 0 spiro atoms. The van der Waals surface area contributed by atoms with Crippen LogP contribution in [0.3, 0.4) is 0 Å². The van der Waals surface area contributed by atoms with Gasteiger partial charge in [-0.3, -0.25) is 4.79 Å². The van der Waals surface area contributed by atoms with Crippen LogP contribution in [0.1, 0.15) is 156 Å². The topological polar surface area (TPSA) is 73.1 Å². The number of carbonyl (C=O) groups excluding carboxylic acids is 1. The highest BCUT2D eigenvalue weighted by molar-refractivity contribution is 5.91. The molecule has 338 valence electrons. The molecule has 0 bridgehead atoms. The molecule has 0 unspecified atom stereocenters. The van der Waals surface area contributed by atoms with Crippen molar-refractivity contribution >= 4 is 11.5 Å². The zero-order valence-electron chi connectivity index (χ0n) is 37.9. The number of fused-ring (bicyclic) bond motifs is 10. The van der Waals surface area contributed by atoms with Gasteiger partial charge in [0.15, 0.2) is 0 Å². The third-order valence-electron chi connectivity index (χ3n) is 19.7. The van der Waals surface area contributed by atoms with Crippen LogP contribution in [0, 0.1) is 79.8 Å². The zero-order chi connectivity index (χ0) is 41.8. The van der Waals surface area contributed by atoms with E-state index in [1.54, 1.807) is 0 Å². The summed E-state index contributed by atoms with van der Waals surface area (Å²) in [5.74, 6) is 4.14. The summed E-state index contributed by atoms with van der Waals surface area (Å²) in [6, 6.07) is 0. The minimum Gasteiger partial charge on any atom is -0.393 e. The fourth-order valence-corrected chi connectivity index (χ4v) is 16.3. The number of aliphatic hydroxyl groups is 2. The first-order chi connectivity index (χ1) is 26.6. The fourth-order valence-electron chi connectivity index (χ4n) is 16.3. The molecule has 60 heavy (non-hydrogen) atoms. The van der Waals surface area contributed by atoms with E-state index >= 15 is 0 Å².